The minimum atomic E-state index is 0.0859. The fraction of sp³-hybridized carbons (Fsp3) is 0.500. The molecule has 0 aromatic carbocycles. The monoisotopic (exact) mass is 304 g/mol. The number of thiophene rings is 1. The summed E-state index contributed by atoms with van der Waals surface area (Å²) >= 11 is 1.80. The third kappa shape index (κ3) is 3.94. The van der Waals surface area contributed by atoms with Crippen molar-refractivity contribution in [3.63, 3.8) is 0 Å². The van der Waals surface area contributed by atoms with Crippen molar-refractivity contribution < 1.29 is 0 Å². The highest BCUT2D eigenvalue weighted by molar-refractivity contribution is 7.10. The van der Waals surface area contributed by atoms with E-state index in [9.17, 15) is 0 Å². The molecule has 0 unspecified atom stereocenters. The Labute approximate surface area is 131 Å². The van der Waals surface area contributed by atoms with Crippen LogP contribution in [-0.2, 0) is 5.41 Å². The molecular weight excluding hydrogens is 280 g/mol. The summed E-state index contributed by atoms with van der Waals surface area (Å²) in [5, 5.41) is 8.94. The summed E-state index contributed by atoms with van der Waals surface area (Å²) in [6.07, 6.45) is 2.70. The fourth-order valence-corrected chi connectivity index (χ4v) is 2.96. The lowest BCUT2D eigenvalue weighted by molar-refractivity contribution is 0.568. The number of anilines is 2. The van der Waals surface area contributed by atoms with Gasteiger partial charge >= 0.3 is 0 Å². The van der Waals surface area contributed by atoms with Crippen LogP contribution in [0.1, 0.15) is 37.6 Å². The van der Waals surface area contributed by atoms with Crippen LogP contribution in [-0.4, -0.2) is 23.1 Å². The number of aromatic nitrogens is 2. The summed E-state index contributed by atoms with van der Waals surface area (Å²) < 4.78 is 0. The van der Waals surface area contributed by atoms with Gasteiger partial charge in [-0.25, -0.2) is 9.97 Å². The van der Waals surface area contributed by atoms with Gasteiger partial charge in [-0.05, 0) is 24.8 Å². The third-order valence-electron chi connectivity index (χ3n) is 3.51. The molecule has 0 saturated heterocycles. The van der Waals surface area contributed by atoms with Crippen molar-refractivity contribution in [1.29, 1.82) is 0 Å². The van der Waals surface area contributed by atoms with Gasteiger partial charge in [0.15, 0.2) is 0 Å². The molecule has 5 heteroatoms. The van der Waals surface area contributed by atoms with Crippen LogP contribution >= 0.6 is 11.3 Å². The SMILES string of the molecule is CCCNc1ncnc(NCC(C)(C)c2cccs2)c1C. The summed E-state index contributed by atoms with van der Waals surface area (Å²) in [4.78, 5) is 10.1. The Morgan fingerprint density at radius 2 is 1.90 bits per heavy atom. The molecule has 21 heavy (non-hydrogen) atoms. The molecule has 0 fully saturated rings. The molecular formula is C16H24N4S. The van der Waals surface area contributed by atoms with Crippen molar-refractivity contribution >= 4 is 23.0 Å². The lowest BCUT2D eigenvalue weighted by Gasteiger charge is -2.24. The number of hydrogen-bond acceptors (Lipinski definition) is 5. The van der Waals surface area contributed by atoms with Gasteiger partial charge in [-0.2, -0.15) is 0 Å². The second-order valence-corrected chi connectivity index (χ2v) is 6.79. The van der Waals surface area contributed by atoms with Crippen LogP contribution in [0.25, 0.3) is 0 Å². The summed E-state index contributed by atoms with van der Waals surface area (Å²) in [7, 11) is 0. The Hall–Kier alpha value is -1.62. The van der Waals surface area contributed by atoms with Gasteiger partial charge in [0.1, 0.15) is 18.0 Å². The fourth-order valence-electron chi connectivity index (χ4n) is 2.11. The van der Waals surface area contributed by atoms with Crippen molar-refractivity contribution in [1.82, 2.24) is 9.97 Å². The Morgan fingerprint density at radius 1 is 1.19 bits per heavy atom. The van der Waals surface area contributed by atoms with Gasteiger partial charge in [-0.3, -0.25) is 0 Å². The van der Waals surface area contributed by atoms with Crippen LogP contribution in [0.15, 0.2) is 23.8 Å². The standard InChI is InChI=1S/C16H24N4S/c1-5-8-17-14-12(2)15(20-11-19-14)18-10-16(3,4)13-7-6-9-21-13/h6-7,9,11H,5,8,10H2,1-4H3,(H2,17,18,19,20). The van der Waals surface area contributed by atoms with Crippen molar-refractivity contribution in [2.75, 3.05) is 23.7 Å². The van der Waals surface area contributed by atoms with Crippen molar-refractivity contribution in [3.05, 3.63) is 34.3 Å². The summed E-state index contributed by atoms with van der Waals surface area (Å²) in [5.74, 6) is 1.83. The van der Waals surface area contributed by atoms with E-state index in [1.54, 1.807) is 17.7 Å². The first-order valence-corrected chi connectivity index (χ1v) is 8.26. The number of nitrogens with zero attached hydrogens (tertiary/aromatic N) is 2. The molecule has 0 saturated carbocycles. The number of rotatable bonds is 7. The van der Waals surface area contributed by atoms with Crippen LogP contribution < -0.4 is 10.6 Å². The zero-order valence-corrected chi connectivity index (χ0v) is 14.0. The average molecular weight is 304 g/mol. The normalized spacial score (nSPS) is 11.4. The van der Waals surface area contributed by atoms with Gasteiger partial charge in [0.05, 0.1) is 0 Å². The predicted octanol–water partition coefficient (Wildman–Crippen LogP) is 4.06. The van der Waals surface area contributed by atoms with Gasteiger partial charge in [0.2, 0.25) is 0 Å². The van der Waals surface area contributed by atoms with Crippen LogP contribution in [0.3, 0.4) is 0 Å². The summed E-state index contributed by atoms with van der Waals surface area (Å²) in [6.45, 7) is 10.5. The zero-order chi connectivity index (χ0) is 15.3. The lowest BCUT2D eigenvalue weighted by atomic mass is 9.91. The Balaban J connectivity index is 2.06. The molecule has 0 radical (unpaired) electrons. The molecule has 2 heterocycles. The summed E-state index contributed by atoms with van der Waals surface area (Å²) in [5.41, 5.74) is 1.16. The maximum atomic E-state index is 4.37. The molecule has 0 aliphatic heterocycles. The summed E-state index contributed by atoms with van der Waals surface area (Å²) in [6, 6.07) is 4.29. The average Bonchev–Trinajstić information content (AvgIpc) is 3.00. The second kappa shape index (κ2) is 6.89. The van der Waals surface area contributed by atoms with E-state index in [-0.39, 0.29) is 5.41 Å². The Morgan fingerprint density at radius 3 is 2.52 bits per heavy atom. The maximum Gasteiger partial charge on any atom is 0.134 e. The first kappa shape index (κ1) is 15.8. The molecule has 114 valence electrons. The Kier molecular flexibility index (Phi) is 5.17. The van der Waals surface area contributed by atoms with Crippen LogP contribution in [0, 0.1) is 6.92 Å². The van der Waals surface area contributed by atoms with E-state index in [1.807, 2.05) is 0 Å². The van der Waals surface area contributed by atoms with E-state index < -0.39 is 0 Å². The molecule has 0 atom stereocenters. The van der Waals surface area contributed by atoms with Gasteiger partial charge in [0.25, 0.3) is 0 Å². The molecule has 2 N–H and O–H groups in total. The highest BCUT2D eigenvalue weighted by atomic mass is 32.1. The third-order valence-corrected chi connectivity index (χ3v) is 4.75. The number of hydrogen-bond donors (Lipinski definition) is 2. The van der Waals surface area contributed by atoms with E-state index in [0.717, 1.165) is 36.7 Å². The van der Waals surface area contributed by atoms with Crippen LogP contribution in [0.4, 0.5) is 11.6 Å². The van der Waals surface area contributed by atoms with E-state index in [4.69, 9.17) is 0 Å². The van der Waals surface area contributed by atoms with E-state index in [0.29, 0.717) is 0 Å². The molecule has 0 amide bonds. The van der Waals surface area contributed by atoms with Gasteiger partial charge in [-0.1, -0.05) is 26.8 Å². The molecule has 4 nitrogen and oxygen atoms in total. The van der Waals surface area contributed by atoms with Crippen LogP contribution in [0.5, 0.6) is 0 Å². The molecule has 0 aliphatic rings. The second-order valence-electron chi connectivity index (χ2n) is 5.84. The van der Waals surface area contributed by atoms with E-state index in [2.05, 4.69) is 65.8 Å². The van der Waals surface area contributed by atoms with Gasteiger partial charge in [-0.15, -0.1) is 11.3 Å². The largest absolute Gasteiger partial charge is 0.370 e. The Bertz CT molecular complexity index is 564. The zero-order valence-electron chi connectivity index (χ0n) is 13.2. The predicted molar refractivity (Wildman–Crippen MR) is 91.4 cm³/mol. The smallest absolute Gasteiger partial charge is 0.134 e. The highest BCUT2D eigenvalue weighted by Gasteiger charge is 2.22. The minimum Gasteiger partial charge on any atom is -0.370 e. The van der Waals surface area contributed by atoms with E-state index >= 15 is 0 Å². The maximum absolute atomic E-state index is 4.37. The van der Waals surface area contributed by atoms with Crippen molar-refractivity contribution in [2.45, 2.75) is 39.5 Å². The first-order chi connectivity index (χ1) is 10.0. The van der Waals surface area contributed by atoms with Crippen LogP contribution in [0.2, 0.25) is 0 Å². The molecule has 2 aromatic heterocycles. The van der Waals surface area contributed by atoms with Gasteiger partial charge in [0, 0.05) is 28.9 Å². The van der Waals surface area contributed by atoms with E-state index in [1.165, 1.54) is 4.88 Å². The lowest BCUT2D eigenvalue weighted by Crippen LogP contribution is -2.27. The molecule has 0 bridgehead atoms. The number of nitrogens with one attached hydrogen (secondary N) is 2. The van der Waals surface area contributed by atoms with Crippen molar-refractivity contribution in [2.24, 2.45) is 0 Å². The first-order valence-electron chi connectivity index (χ1n) is 7.38. The molecule has 0 spiro atoms. The topological polar surface area (TPSA) is 49.8 Å². The molecule has 2 rings (SSSR count). The highest BCUT2D eigenvalue weighted by Crippen LogP contribution is 2.28. The molecule has 0 aliphatic carbocycles. The van der Waals surface area contributed by atoms with Gasteiger partial charge < -0.3 is 10.6 Å². The molecule has 2 aromatic rings. The quantitative estimate of drug-likeness (QED) is 0.810. The minimum absolute atomic E-state index is 0.0859. The van der Waals surface area contributed by atoms with Crippen molar-refractivity contribution in [3.8, 4) is 0 Å².